The van der Waals surface area contributed by atoms with Gasteiger partial charge in [-0.15, -0.1) is 0 Å². The Bertz CT molecular complexity index is 1150. The summed E-state index contributed by atoms with van der Waals surface area (Å²) < 4.78 is 10.3. The van der Waals surface area contributed by atoms with Crippen LogP contribution in [0, 0.1) is 0 Å². The van der Waals surface area contributed by atoms with Gasteiger partial charge in [-0.1, -0.05) is 12.1 Å². The van der Waals surface area contributed by atoms with Crippen LogP contribution in [0.2, 0.25) is 0 Å². The first-order chi connectivity index (χ1) is 16.0. The molecule has 2 aromatic heterocycles. The van der Waals surface area contributed by atoms with Gasteiger partial charge in [0.05, 0.1) is 38.1 Å². The van der Waals surface area contributed by atoms with Crippen LogP contribution in [-0.2, 0) is 19.1 Å². The van der Waals surface area contributed by atoms with Crippen molar-refractivity contribution in [2.45, 2.75) is 19.8 Å². The molecule has 0 saturated carbocycles. The van der Waals surface area contributed by atoms with E-state index in [9.17, 15) is 9.59 Å². The monoisotopic (exact) mass is 451 g/mol. The minimum atomic E-state index is -0.389. The van der Waals surface area contributed by atoms with Crippen LogP contribution in [0.3, 0.4) is 0 Å². The van der Waals surface area contributed by atoms with Crippen molar-refractivity contribution in [2.24, 2.45) is 0 Å². The molecule has 3 N–H and O–H groups in total. The Balaban J connectivity index is 1.51. The molecule has 1 aliphatic rings. The van der Waals surface area contributed by atoms with E-state index in [2.05, 4.69) is 25.2 Å². The lowest BCUT2D eigenvalue weighted by molar-refractivity contribution is -0.144. The number of carbonyl (C=O) groups is 2. The molecule has 11 nitrogen and oxygen atoms in total. The minimum absolute atomic E-state index is 0.0441. The van der Waals surface area contributed by atoms with Crippen LogP contribution >= 0.6 is 0 Å². The van der Waals surface area contributed by atoms with E-state index in [-0.39, 0.29) is 30.7 Å². The van der Waals surface area contributed by atoms with Gasteiger partial charge in [0, 0.05) is 30.8 Å². The molecule has 1 aliphatic heterocycles. The van der Waals surface area contributed by atoms with Crippen LogP contribution in [0.4, 0.5) is 17.5 Å². The third-order valence-electron chi connectivity index (χ3n) is 5.04. The van der Waals surface area contributed by atoms with Crippen LogP contribution in [0.25, 0.3) is 22.4 Å². The van der Waals surface area contributed by atoms with E-state index < -0.39 is 0 Å². The molecule has 3 heterocycles. The minimum Gasteiger partial charge on any atom is -0.466 e. The number of nitrogens with one attached hydrogen (secondary N) is 1. The SMILES string of the molecule is CCOC(=O)CCC(=O)Nc1ccc(-c2cnc3nc(N)nc(N4CCOCC4)c3n2)cc1. The van der Waals surface area contributed by atoms with Gasteiger partial charge in [0.25, 0.3) is 0 Å². The van der Waals surface area contributed by atoms with Crippen LogP contribution in [0.15, 0.2) is 30.5 Å². The number of esters is 1. The fourth-order valence-corrected chi connectivity index (χ4v) is 3.44. The standard InChI is InChI=1S/C22H25N7O4/c1-2-33-18(31)8-7-17(30)25-15-5-3-14(4-6-15)16-13-24-20-19(26-16)21(28-22(23)27-20)29-9-11-32-12-10-29/h3-6,13H,2,7-12H2,1H3,(H,25,30)(H2,23,24,27,28). The Morgan fingerprint density at radius 1 is 1.12 bits per heavy atom. The molecular weight excluding hydrogens is 426 g/mol. The number of nitrogens with two attached hydrogens (primary N) is 1. The smallest absolute Gasteiger partial charge is 0.306 e. The highest BCUT2D eigenvalue weighted by atomic mass is 16.5. The lowest BCUT2D eigenvalue weighted by Crippen LogP contribution is -2.37. The number of rotatable bonds is 7. The summed E-state index contributed by atoms with van der Waals surface area (Å²) in [6.45, 7) is 4.60. The zero-order chi connectivity index (χ0) is 23.2. The average Bonchev–Trinajstić information content (AvgIpc) is 2.83. The van der Waals surface area contributed by atoms with Crippen molar-refractivity contribution in [3.05, 3.63) is 30.5 Å². The number of ether oxygens (including phenoxy) is 2. The highest BCUT2D eigenvalue weighted by molar-refractivity contribution is 5.93. The van der Waals surface area contributed by atoms with E-state index in [1.54, 1.807) is 25.3 Å². The molecule has 1 fully saturated rings. The van der Waals surface area contributed by atoms with E-state index in [4.69, 9.17) is 20.2 Å². The second kappa shape index (κ2) is 10.2. The van der Waals surface area contributed by atoms with E-state index in [0.717, 1.165) is 5.56 Å². The average molecular weight is 451 g/mol. The maximum absolute atomic E-state index is 12.1. The molecule has 0 unspecified atom stereocenters. The summed E-state index contributed by atoms with van der Waals surface area (Å²) in [5.74, 6) is 0.140. The predicted octanol–water partition coefficient (Wildman–Crippen LogP) is 1.79. The molecule has 1 amide bonds. The zero-order valence-electron chi connectivity index (χ0n) is 18.3. The van der Waals surface area contributed by atoms with Gasteiger partial charge in [0.15, 0.2) is 17.0 Å². The Morgan fingerprint density at radius 3 is 2.61 bits per heavy atom. The number of amides is 1. The predicted molar refractivity (Wildman–Crippen MR) is 123 cm³/mol. The van der Waals surface area contributed by atoms with Crippen molar-refractivity contribution in [1.82, 2.24) is 19.9 Å². The van der Waals surface area contributed by atoms with E-state index in [1.807, 2.05) is 12.1 Å². The first-order valence-corrected chi connectivity index (χ1v) is 10.7. The Hall–Kier alpha value is -3.86. The number of morpholine rings is 1. The van der Waals surface area contributed by atoms with E-state index in [0.29, 0.717) is 61.3 Å². The number of carbonyl (C=O) groups excluding carboxylic acids is 2. The highest BCUT2D eigenvalue weighted by Crippen LogP contribution is 2.26. The summed E-state index contributed by atoms with van der Waals surface area (Å²) in [5, 5.41) is 2.77. The lowest BCUT2D eigenvalue weighted by Gasteiger charge is -2.28. The van der Waals surface area contributed by atoms with Gasteiger partial charge in [-0.05, 0) is 19.1 Å². The molecule has 1 saturated heterocycles. The fraction of sp³-hybridized carbons (Fsp3) is 0.364. The van der Waals surface area contributed by atoms with Gasteiger partial charge < -0.3 is 25.4 Å². The van der Waals surface area contributed by atoms with Crippen LogP contribution in [0.5, 0.6) is 0 Å². The number of nitrogen functional groups attached to an aromatic ring is 1. The molecule has 0 radical (unpaired) electrons. The topological polar surface area (TPSA) is 145 Å². The summed E-state index contributed by atoms with van der Waals surface area (Å²) in [4.78, 5) is 43.3. The Kier molecular flexibility index (Phi) is 6.89. The third kappa shape index (κ3) is 5.50. The molecule has 0 spiro atoms. The maximum atomic E-state index is 12.1. The van der Waals surface area contributed by atoms with Crippen molar-refractivity contribution in [3.63, 3.8) is 0 Å². The summed E-state index contributed by atoms with van der Waals surface area (Å²) in [7, 11) is 0. The molecule has 172 valence electrons. The summed E-state index contributed by atoms with van der Waals surface area (Å²) in [6, 6.07) is 7.21. The maximum Gasteiger partial charge on any atom is 0.306 e. The number of nitrogens with zero attached hydrogens (tertiary/aromatic N) is 5. The van der Waals surface area contributed by atoms with Gasteiger partial charge in [-0.3, -0.25) is 9.59 Å². The fourth-order valence-electron chi connectivity index (χ4n) is 3.44. The number of anilines is 3. The Morgan fingerprint density at radius 2 is 1.88 bits per heavy atom. The molecule has 0 aliphatic carbocycles. The first-order valence-electron chi connectivity index (χ1n) is 10.7. The number of fused-ring (bicyclic) bond motifs is 1. The third-order valence-corrected chi connectivity index (χ3v) is 5.04. The van der Waals surface area contributed by atoms with Crippen LogP contribution in [-0.4, -0.2) is 64.7 Å². The molecule has 0 bridgehead atoms. The van der Waals surface area contributed by atoms with E-state index >= 15 is 0 Å². The number of aromatic nitrogens is 4. The highest BCUT2D eigenvalue weighted by Gasteiger charge is 2.19. The second-order valence-electron chi connectivity index (χ2n) is 7.36. The summed E-state index contributed by atoms with van der Waals surface area (Å²) in [6.07, 6.45) is 1.73. The molecule has 0 atom stereocenters. The van der Waals surface area contributed by atoms with Gasteiger partial charge in [0.2, 0.25) is 11.9 Å². The molecule has 11 heteroatoms. The van der Waals surface area contributed by atoms with Crippen molar-refractivity contribution < 1.29 is 19.1 Å². The number of hydrogen-bond acceptors (Lipinski definition) is 10. The van der Waals surface area contributed by atoms with Crippen molar-refractivity contribution in [3.8, 4) is 11.3 Å². The first kappa shape index (κ1) is 22.3. The second-order valence-corrected chi connectivity index (χ2v) is 7.36. The van der Waals surface area contributed by atoms with Gasteiger partial charge in [-0.2, -0.15) is 9.97 Å². The number of benzene rings is 1. The van der Waals surface area contributed by atoms with Crippen molar-refractivity contribution >= 4 is 40.5 Å². The largest absolute Gasteiger partial charge is 0.466 e. The molecular formula is C22H25N7O4. The summed E-state index contributed by atoms with van der Waals surface area (Å²) >= 11 is 0. The van der Waals surface area contributed by atoms with E-state index in [1.165, 1.54) is 0 Å². The quantitative estimate of drug-likeness (QED) is 0.510. The number of hydrogen-bond donors (Lipinski definition) is 2. The zero-order valence-corrected chi connectivity index (χ0v) is 18.3. The van der Waals surface area contributed by atoms with Gasteiger partial charge in [-0.25, -0.2) is 9.97 Å². The van der Waals surface area contributed by atoms with Gasteiger partial charge >= 0.3 is 5.97 Å². The van der Waals surface area contributed by atoms with Crippen LogP contribution in [0.1, 0.15) is 19.8 Å². The lowest BCUT2D eigenvalue weighted by atomic mass is 10.1. The Labute approximate surface area is 190 Å². The van der Waals surface area contributed by atoms with Crippen LogP contribution < -0.4 is 16.0 Å². The van der Waals surface area contributed by atoms with Crippen molar-refractivity contribution in [1.29, 1.82) is 0 Å². The summed E-state index contributed by atoms with van der Waals surface area (Å²) in [5.41, 5.74) is 8.96. The van der Waals surface area contributed by atoms with Gasteiger partial charge in [0.1, 0.15) is 0 Å². The molecule has 4 rings (SSSR count). The molecule has 3 aromatic rings. The normalized spacial score (nSPS) is 13.7. The molecule has 33 heavy (non-hydrogen) atoms. The van der Waals surface area contributed by atoms with Crippen molar-refractivity contribution in [2.75, 3.05) is 48.9 Å². The molecule has 1 aromatic carbocycles.